The van der Waals surface area contributed by atoms with Gasteiger partial charge in [0.1, 0.15) is 5.82 Å². The molecular weight excluding hydrogens is 412 g/mol. The van der Waals surface area contributed by atoms with E-state index in [-0.39, 0.29) is 17.6 Å². The first-order chi connectivity index (χ1) is 15.9. The zero-order valence-corrected chi connectivity index (χ0v) is 20.5. The Balaban J connectivity index is 2.02. The van der Waals surface area contributed by atoms with Gasteiger partial charge in [0, 0.05) is 18.8 Å². The first kappa shape index (κ1) is 24.5. The van der Waals surface area contributed by atoms with Crippen LogP contribution in [0.25, 0.3) is 10.9 Å². The maximum atomic E-state index is 13.5. The second-order valence-electron chi connectivity index (χ2n) is 8.82. The molecule has 1 aromatic heterocycles. The van der Waals surface area contributed by atoms with Crippen molar-refractivity contribution in [3.05, 3.63) is 70.3 Å². The number of nitrogens with zero attached hydrogens (tertiary/aromatic N) is 3. The van der Waals surface area contributed by atoms with Gasteiger partial charge in [0.2, 0.25) is 0 Å². The van der Waals surface area contributed by atoms with Crippen molar-refractivity contribution in [1.29, 1.82) is 0 Å². The first-order valence-corrected chi connectivity index (χ1v) is 12.1. The average molecular weight is 449 g/mol. The average Bonchev–Trinajstić information content (AvgIpc) is 2.82. The Morgan fingerprint density at radius 3 is 2.36 bits per heavy atom. The summed E-state index contributed by atoms with van der Waals surface area (Å²) < 4.78 is 1.71. The Morgan fingerprint density at radius 2 is 1.76 bits per heavy atom. The number of aromatic nitrogens is 2. The lowest BCUT2D eigenvalue weighted by Gasteiger charge is -2.33. The molecular formula is C27H36N4O2. The maximum absolute atomic E-state index is 13.5. The van der Waals surface area contributed by atoms with Gasteiger partial charge in [-0.25, -0.2) is 9.78 Å². The predicted octanol–water partition coefficient (Wildman–Crippen LogP) is 6.01. The van der Waals surface area contributed by atoms with Crippen LogP contribution in [-0.2, 0) is 13.0 Å². The Labute approximate surface area is 196 Å². The molecule has 6 heteroatoms. The molecule has 0 saturated carbocycles. The number of hydrogen-bond donors (Lipinski definition) is 1. The number of carbonyl (C=O) groups is 1. The first-order valence-electron chi connectivity index (χ1n) is 12.1. The van der Waals surface area contributed by atoms with Crippen LogP contribution in [0.3, 0.4) is 0 Å². The third kappa shape index (κ3) is 5.62. The largest absolute Gasteiger partial charge is 0.322 e. The van der Waals surface area contributed by atoms with Crippen molar-refractivity contribution in [2.75, 3.05) is 11.9 Å². The summed E-state index contributed by atoms with van der Waals surface area (Å²) in [6.45, 7) is 11.5. The van der Waals surface area contributed by atoms with Crippen LogP contribution in [0.5, 0.6) is 0 Å². The zero-order valence-electron chi connectivity index (χ0n) is 20.5. The number of carbonyl (C=O) groups excluding carboxylic acids is 1. The summed E-state index contributed by atoms with van der Waals surface area (Å²) in [5, 5.41) is 3.67. The van der Waals surface area contributed by atoms with E-state index in [1.54, 1.807) is 4.57 Å². The van der Waals surface area contributed by atoms with E-state index in [4.69, 9.17) is 4.98 Å². The van der Waals surface area contributed by atoms with Crippen LogP contribution in [0, 0.1) is 5.92 Å². The summed E-state index contributed by atoms with van der Waals surface area (Å²) in [5.41, 5.74) is 2.60. The number of benzene rings is 2. The fourth-order valence-electron chi connectivity index (χ4n) is 4.10. The lowest BCUT2D eigenvalue weighted by atomic mass is 10.1. The summed E-state index contributed by atoms with van der Waals surface area (Å²) in [5.74, 6) is 1.09. The molecule has 3 rings (SSSR count). The molecule has 0 bridgehead atoms. The smallest absolute Gasteiger partial charge is 0.314 e. The normalized spacial score (nSPS) is 12.2. The molecule has 0 saturated heterocycles. The van der Waals surface area contributed by atoms with E-state index in [0.717, 1.165) is 18.5 Å². The summed E-state index contributed by atoms with van der Waals surface area (Å²) in [4.78, 5) is 33.4. The van der Waals surface area contributed by atoms with Gasteiger partial charge in [0.05, 0.1) is 16.9 Å². The second-order valence-corrected chi connectivity index (χ2v) is 8.82. The molecule has 0 radical (unpaired) electrons. The van der Waals surface area contributed by atoms with E-state index < -0.39 is 0 Å². The SMILES string of the molecule is CCc1ccc(NC(=O)N(CCC(C)C)C(CC)c2nc3ccccc3c(=O)n2CC)cc1. The summed E-state index contributed by atoms with van der Waals surface area (Å²) in [6, 6.07) is 14.9. The summed E-state index contributed by atoms with van der Waals surface area (Å²) in [6.07, 6.45) is 2.47. The van der Waals surface area contributed by atoms with Crippen molar-refractivity contribution < 1.29 is 4.79 Å². The number of rotatable bonds is 9. The summed E-state index contributed by atoms with van der Waals surface area (Å²) >= 11 is 0. The van der Waals surface area contributed by atoms with E-state index in [1.165, 1.54) is 5.56 Å². The highest BCUT2D eigenvalue weighted by Crippen LogP contribution is 2.26. The lowest BCUT2D eigenvalue weighted by molar-refractivity contribution is 0.175. The van der Waals surface area contributed by atoms with Gasteiger partial charge in [0.25, 0.3) is 5.56 Å². The van der Waals surface area contributed by atoms with E-state index in [1.807, 2.05) is 67.3 Å². The monoisotopic (exact) mass is 448 g/mol. The van der Waals surface area contributed by atoms with Crippen molar-refractivity contribution in [2.45, 2.75) is 66.5 Å². The number of hydrogen-bond acceptors (Lipinski definition) is 3. The molecule has 0 aliphatic carbocycles. The Kier molecular flexibility index (Phi) is 8.26. The zero-order chi connectivity index (χ0) is 24.0. The predicted molar refractivity (Wildman–Crippen MR) is 136 cm³/mol. The molecule has 1 unspecified atom stereocenters. The second kappa shape index (κ2) is 11.1. The van der Waals surface area contributed by atoms with Crippen LogP contribution in [0.2, 0.25) is 0 Å². The minimum atomic E-state index is -0.309. The van der Waals surface area contributed by atoms with Crippen LogP contribution in [-0.4, -0.2) is 27.0 Å². The molecule has 1 atom stereocenters. The number of fused-ring (bicyclic) bond motifs is 1. The standard InChI is InChI=1S/C27H36N4O2/c1-6-20-13-15-21(16-14-20)28-27(33)31(18-17-19(4)5)24(7-2)25-29-23-12-10-9-11-22(23)26(32)30(25)8-3/h9-16,19,24H,6-8,17-18H2,1-5H3,(H,28,33). The number of nitrogens with one attached hydrogen (secondary N) is 1. The van der Waals surface area contributed by atoms with Gasteiger partial charge in [-0.3, -0.25) is 9.36 Å². The molecule has 6 nitrogen and oxygen atoms in total. The van der Waals surface area contributed by atoms with Gasteiger partial charge < -0.3 is 10.2 Å². The fraction of sp³-hybridized carbons (Fsp3) is 0.444. The highest BCUT2D eigenvalue weighted by Gasteiger charge is 2.28. The third-order valence-corrected chi connectivity index (χ3v) is 6.09. The van der Waals surface area contributed by atoms with E-state index >= 15 is 0 Å². The third-order valence-electron chi connectivity index (χ3n) is 6.09. The number of aryl methyl sites for hydroxylation is 1. The molecule has 176 valence electrons. The molecule has 33 heavy (non-hydrogen) atoms. The van der Waals surface area contributed by atoms with Crippen molar-refractivity contribution in [3.8, 4) is 0 Å². The Bertz CT molecular complexity index is 1140. The van der Waals surface area contributed by atoms with Crippen molar-refractivity contribution in [2.24, 2.45) is 5.92 Å². The van der Waals surface area contributed by atoms with Gasteiger partial charge >= 0.3 is 6.03 Å². The topological polar surface area (TPSA) is 67.2 Å². The molecule has 2 aromatic carbocycles. The number of urea groups is 1. The lowest BCUT2D eigenvalue weighted by Crippen LogP contribution is -2.41. The minimum absolute atomic E-state index is 0.0593. The number of anilines is 1. The van der Waals surface area contributed by atoms with Crippen LogP contribution >= 0.6 is 0 Å². The van der Waals surface area contributed by atoms with E-state index in [0.29, 0.717) is 42.2 Å². The van der Waals surface area contributed by atoms with Gasteiger partial charge in [-0.15, -0.1) is 0 Å². The summed E-state index contributed by atoms with van der Waals surface area (Å²) in [7, 11) is 0. The van der Waals surface area contributed by atoms with Crippen LogP contribution in [0.15, 0.2) is 53.3 Å². The van der Waals surface area contributed by atoms with Gasteiger partial charge in [0.15, 0.2) is 0 Å². The van der Waals surface area contributed by atoms with Crippen LogP contribution in [0.1, 0.15) is 64.9 Å². The Hall–Kier alpha value is -3.15. The van der Waals surface area contributed by atoms with Crippen LogP contribution in [0.4, 0.5) is 10.5 Å². The van der Waals surface area contributed by atoms with Crippen LogP contribution < -0.4 is 10.9 Å². The Morgan fingerprint density at radius 1 is 1.06 bits per heavy atom. The molecule has 3 aromatic rings. The van der Waals surface area contributed by atoms with E-state index in [9.17, 15) is 9.59 Å². The molecule has 1 heterocycles. The van der Waals surface area contributed by atoms with Crippen molar-refractivity contribution in [3.63, 3.8) is 0 Å². The quantitative estimate of drug-likeness (QED) is 0.436. The highest BCUT2D eigenvalue weighted by atomic mass is 16.2. The molecule has 2 amide bonds. The van der Waals surface area contributed by atoms with Crippen molar-refractivity contribution in [1.82, 2.24) is 14.5 Å². The van der Waals surface area contributed by atoms with Gasteiger partial charge in [-0.05, 0) is 61.9 Å². The number of amides is 2. The molecule has 0 aliphatic heterocycles. The molecule has 1 N–H and O–H groups in total. The van der Waals surface area contributed by atoms with Gasteiger partial charge in [-0.2, -0.15) is 0 Å². The minimum Gasteiger partial charge on any atom is -0.314 e. The number of para-hydroxylation sites is 1. The van der Waals surface area contributed by atoms with Crippen molar-refractivity contribution >= 4 is 22.6 Å². The van der Waals surface area contributed by atoms with Gasteiger partial charge in [-0.1, -0.05) is 52.0 Å². The molecule has 0 fully saturated rings. The molecule has 0 spiro atoms. The van der Waals surface area contributed by atoms with E-state index in [2.05, 4.69) is 26.1 Å². The highest BCUT2D eigenvalue weighted by molar-refractivity contribution is 5.89. The maximum Gasteiger partial charge on any atom is 0.322 e. The fourth-order valence-corrected chi connectivity index (χ4v) is 4.10. The molecule has 0 aliphatic rings.